The molecule has 1 aliphatic heterocycles. The molecule has 1 aliphatic rings. The van der Waals surface area contributed by atoms with E-state index >= 15 is 0 Å². The van der Waals surface area contributed by atoms with Crippen molar-refractivity contribution in [3.63, 3.8) is 0 Å². The number of nitrogens with zero attached hydrogens (tertiary/aromatic N) is 3. The van der Waals surface area contributed by atoms with Crippen LogP contribution >= 0.6 is 0 Å². The number of unbranched alkanes of at least 4 members (excludes halogenated alkanes) is 1. The Bertz CT molecular complexity index is 430. The van der Waals surface area contributed by atoms with Crippen LogP contribution in [0.1, 0.15) is 37.9 Å². The number of rotatable bonds is 5. The van der Waals surface area contributed by atoms with Gasteiger partial charge in [-0.05, 0) is 6.42 Å². The Morgan fingerprint density at radius 3 is 3.11 bits per heavy atom. The maximum Gasteiger partial charge on any atom is 0.320 e. The van der Waals surface area contributed by atoms with Gasteiger partial charge in [-0.15, -0.1) is 9.36 Å². The van der Waals surface area contributed by atoms with Crippen molar-refractivity contribution in [1.29, 1.82) is 0 Å². The van der Waals surface area contributed by atoms with Gasteiger partial charge in [-0.2, -0.15) is 0 Å². The standard InChI is InChI=1S/C12H20N4O2/c1-3-4-5-9-8-15(2)14-16(9)10-6-11(12(17)18)13-7-10/h8,10-11,13H,3-7H2,1-2H3/p+1/t10-,11-/m0/s1. The van der Waals surface area contributed by atoms with Gasteiger partial charge in [0, 0.05) is 19.4 Å². The summed E-state index contributed by atoms with van der Waals surface area (Å²) < 4.78 is 3.80. The minimum absolute atomic E-state index is 0.152. The van der Waals surface area contributed by atoms with E-state index in [1.807, 2.05) is 17.9 Å². The van der Waals surface area contributed by atoms with Gasteiger partial charge >= 0.3 is 5.97 Å². The highest BCUT2D eigenvalue weighted by molar-refractivity contribution is 5.73. The summed E-state index contributed by atoms with van der Waals surface area (Å²) in [6.07, 6.45) is 5.92. The second-order valence-corrected chi connectivity index (χ2v) is 4.92. The molecule has 2 rings (SSSR count). The van der Waals surface area contributed by atoms with Gasteiger partial charge in [0.1, 0.15) is 19.1 Å². The molecule has 6 nitrogen and oxygen atoms in total. The number of aromatic nitrogens is 3. The Balaban J connectivity index is 2.11. The summed E-state index contributed by atoms with van der Waals surface area (Å²) >= 11 is 0. The molecule has 1 fully saturated rings. The molecule has 18 heavy (non-hydrogen) atoms. The molecule has 2 atom stereocenters. The van der Waals surface area contributed by atoms with Crippen molar-refractivity contribution in [3.05, 3.63) is 11.9 Å². The Morgan fingerprint density at radius 1 is 1.72 bits per heavy atom. The van der Waals surface area contributed by atoms with Gasteiger partial charge in [0.25, 0.3) is 0 Å². The monoisotopic (exact) mass is 253 g/mol. The summed E-state index contributed by atoms with van der Waals surface area (Å²) in [5.41, 5.74) is 1.19. The van der Waals surface area contributed by atoms with Gasteiger partial charge in [0.2, 0.25) is 0 Å². The van der Waals surface area contributed by atoms with Crippen LogP contribution in [0, 0.1) is 0 Å². The summed E-state index contributed by atoms with van der Waals surface area (Å²) in [5, 5.41) is 16.5. The Hall–Kier alpha value is -1.43. The maximum absolute atomic E-state index is 10.9. The molecular formula is C12H21N4O2+. The number of hydrogen-bond acceptors (Lipinski definition) is 3. The summed E-state index contributed by atoms with van der Waals surface area (Å²) in [6.45, 7) is 2.84. The van der Waals surface area contributed by atoms with E-state index in [2.05, 4.69) is 17.5 Å². The van der Waals surface area contributed by atoms with E-state index in [9.17, 15) is 4.79 Å². The van der Waals surface area contributed by atoms with Crippen LogP contribution in [-0.2, 0) is 18.3 Å². The zero-order chi connectivity index (χ0) is 13.1. The molecule has 0 radical (unpaired) electrons. The normalized spacial score (nSPS) is 23.4. The van der Waals surface area contributed by atoms with Gasteiger partial charge in [-0.25, -0.2) is 0 Å². The van der Waals surface area contributed by atoms with E-state index in [1.165, 1.54) is 5.69 Å². The van der Waals surface area contributed by atoms with Crippen LogP contribution in [0.15, 0.2) is 6.20 Å². The molecule has 1 aromatic heterocycles. The van der Waals surface area contributed by atoms with E-state index in [0.717, 1.165) is 19.3 Å². The molecule has 0 bridgehead atoms. The SMILES string of the molecule is CCCCc1c[n+](C)nn1[C@@H]1CN[C@H](C(=O)O)C1. The quantitative estimate of drug-likeness (QED) is 0.727. The lowest BCUT2D eigenvalue weighted by Crippen LogP contribution is -2.31. The van der Waals surface area contributed by atoms with Crippen molar-refractivity contribution in [2.24, 2.45) is 7.05 Å². The maximum atomic E-state index is 10.9. The van der Waals surface area contributed by atoms with E-state index in [1.54, 1.807) is 4.68 Å². The third-order valence-corrected chi connectivity index (χ3v) is 3.41. The fourth-order valence-corrected chi connectivity index (χ4v) is 2.45. The van der Waals surface area contributed by atoms with E-state index < -0.39 is 12.0 Å². The smallest absolute Gasteiger partial charge is 0.320 e. The highest BCUT2D eigenvalue weighted by Gasteiger charge is 2.35. The molecule has 6 heteroatoms. The van der Waals surface area contributed by atoms with E-state index in [0.29, 0.717) is 13.0 Å². The Morgan fingerprint density at radius 2 is 2.50 bits per heavy atom. The van der Waals surface area contributed by atoms with E-state index in [-0.39, 0.29) is 6.04 Å². The topological polar surface area (TPSA) is 71.0 Å². The first kappa shape index (κ1) is 13.0. The number of carbonyl (C=O) groups is 1. The van der Waals surface area contributed by atoms with Crippen molar-refractivity contribution >= 4 is 5.97 Å². The second-order valence-electron chi connectivity index (χ2n) is 4.92. The molecule has 0 spiro atoms. The second kappa shape index (κ2) is 5.48. The van der Waals surface area contributed by atoms with Gasteiger partial charge < -0.3 is 5.11 Å². The van der Waals surface area contributed by atoms with Crippen LogP contribution in [-0.4, -0.2) is 33.6 Å². The summed E-state index contributed by atoms with van der Waals surface area (Å²) in [4.78, 5) is 10.9. The first-order chi connectivity index (χ1) is 8.61. The lowest BCUT2D eigenvalue weighted by molar-refractivity contribution is -0.732. The van der Waals surface area contributed by atoms with Crippen LogP contribution in [0.25, 0.3) is 0 Å². The fraction of sp³-hybridized carbons (Fsp3) is 0.750. The van der Waals surface area contributed by atoms with Crippen molar-refractivity contribution in [1.82, 2.24) is 15.2 Å². The van der Waals surface area contributed by atoms with Crippen LogP contribution in [0.4, 0.5) is 0 Å². The number of hydrogen-bond donors (Lipinski definition) is 2. The van der Waals surface area contributed by atoms with Crippen molar-refractivity contribution in [2.45, 2.75) is 44.7 Å². The Labute approximate surface area is 107 Å². The highest BCUT2D eigenvalue weighted by atomic mass is 16.4. The molecule has 0 aromatic carbocycles. The predicted molar refractivity (Wildman–Crippen MR) is 65.1 cm³/mol. The molecule has 100 valence electrons. The third kappa shape index (κ3) is 2.69. The number of aryl methyl sites for hydroxylation is 2. The van der Waals surface area contributed by atoms with Gasteiger partial charge in [-0.1, -0.05) is 13.3 Å². The van der Waals surface area contributed by atoms with Gasteiger partial charge in [0.05, 0.1) is 5.21 Å². The first-order valence-corrected chi connectivity index (χ1v) is 6.52. The zero-order valence-electron chi connectivity index (χ0n) is 11.0. The number of nitrogens with one attached hydrogen (secondary N) is 1. The zero-order valence-corrected chi connectivity index (χ0v) is 11.0. The molecule has 1 aromatic rings. The molecule has 2 N–H and O–H groups in total. The highest BCUT2D eigenvalue weighted by Crippen LogP contribution is 2.20. The van der Waals surface area contributed by atoms with Gasteiger partial charge in [-0.3, -0.25) is 10.1 Å². The lowest BCUT2D eigenvalue weighted by Gasteiger charge is -2.05. The molecule has 0 amide bonds. The lowest BCUT2D eigenvalue weighted by atomic mass is 10.1. The molecule has 0 aliphatic carbocycles. The van der Waals surface area contributed by atoms with Gasteiger partial charge in [0.15, 0.2) is 11.9 Å². The molecule has 0 unspecified atom stereocenters. The molecular weight excluding hydrogens is 232 g/mol. The van der Waals surface area contributed by atoms with Crippen LogP contribution < -0.4 is 10.00 Å². The first-order valence-electron chi connectivity index (χ1n) is 6.52. The van der Waals surface area contributed by atoms with Crippen molar-refractivity contribution in [2.75, 3.05) is 6.54 Å². The summed E-state index contributed by atoms with van der Waals surface area (Å²) in [6, 6.07) is -0.289. The van der Waals surface area contributed by atoms with Crippen molar-refractivity contribution in [3.8, 4) is 0 Å². The Kier molecular flexibility index (Phi) is 3.96. The van der Waals surface area contributed by atoms with Crippen LogP contribution in [0.5, 0.6) is 0 Å². The molecule has 0 saturated carbocycles. The summed E-state index contributed by atoms with van der Waals surface area (Å²) in [7, 11) is 1.91. The molecule has 2 heterocycles. The van der Waals surface area contributed by atoms with Crippen molar-refractivity contribution < 1.29 is 14.6 Å². The molecule has 1 saturated heterocycles. The summed E-state index contributed by atoms with van der Waals surface area (Å²) in [5.74, 6) is -0.774. The van der Waals surface area contributed by atoms with E-state index in [4.69, 9.17) is 5.11 Å². The minimum atomic E-state index is -0.774. The minimum Gasteiger partial charge on any atom is -0.480 e. The predicted octanol–water partition coefficient (Wildman–Crippen LogP) is 0.0378. The number of carboxylic acids is 1. The van der Waals surface area contributed by atoms with Crippen LogP contribution in [0.2, 0.25) is 0 Å². The number of carboxylic acid groups (broad SMARTS) is 1. The average molecular weight is 253 g/mol. The largest absolute Gasteiger partial charge is 0.480 e. The van der Waals surface area contributed by atoms with Crippen LogP contribution in [0.3, 0.4) is 0 Å². The fourth-order valence-electron chi connectivity index (χ4n) is 2.45. The number of aliphatic carboxylic acids is 1. The third-order valence-electron chi connectivity index (χ3n) is 3.41. The average Bonchev–Trinajstić information content (AvgIpc) is 2.92.